The molecule has 0 aromatic heterocycles. The maximum absolute atomic E-state index is 9.22. The zero-order valence-corrected chi connectivity index (χ0v) is 10.8. The van der Waals surface area contributed by atoms with Crippen molar-refractivity contribution in [2.24, 2.45) is 16.6 Å². The summed E-state index contributed by atoms with van der Waals surface area (Å²) in [7, 11) is 0. The molecule has 4 nitrogen and oxygen atoms in total. The van der Waals surface area contributed by atoms with Gasteiger partial charge in [0, 0.05) is 16.5 Å². The minimum atomic E-state index is -0.480. The standard InChI is InChI=1S/C14H18N2O2/c1-12(2)17-8-13(9-18-12)6-14(7-13)4-3-11(16)10(14)5-15/h3-4H,6-9,16H2,1-2H3. The summed E-state index contributed by atoms with van der Waals surface area (Å²) in [6.07, 6.45) is 5.73. The highest BCUT2D eigenvalue weighted by atomic mass is 16.7. The third kappa shape index (κ3) is 1.51. The lowest BCUT2D eigenvalue weighted by Gasteiger charge is -2.57. The Bertz CT molecular complexity index is 478. The lowest BCUT2D eigenvalue weighted by molar-refractivity contribution is -0.307. The van der Waals surface area contributed by atoms with Gasteiger partial charge >= 0.3 is 0 Å². The van der Waals surface area contributed by atoms with Crippen LogP contribution in [0.25, 0.3) is 0 Å². The summed E-state index contributed by atoms with van der Waals surface area (Å²) < 4.78 is 11.5. The molecule has 0 unspecified atom stereocenters. The Morgan fingerprint density at radius 2 is 1.89 bits per heavy atom. The van der Waals surface area contributed by atoms with E-state index in [2.05, 4.69) is 12.1 Å². The number of rotatable bonds is 0. The van der Waals surface area contributed by atoms with Crippen LogP contribution in [0.15, 0.2) is 23.4 Å². The van der Waals surface area contributed by atoms with Crippen LogP contribution in [0.1, 0.15) is 26.7 Å². The van der Waals surface area contributed by atoms with Crippen LogP contribution in [0.3, 0.4) is 0 Å². The van der Waals surface area contributed by atoms with Gasteiger partial charge in [-0.1, -0.05) is 6.08 Å². The molecule has 3 aliphatic rings. The van der Waals surface area contributed by atoms with Gasteiger partial charge in [0.15, 0.2) is 5.79 Å². The van der Waals surface area contributed by atoms with Crippen LogP contribution in [0.2, 0.25) is 0 Å². The molecule has 2 aliphatic carbocycles. The van der Waals surface area contributed by atoms with Crippen molar-refractivity contribution >= 4 is 0 Å². The van der Waals surface area contributed by atoms with Crippen molar-refractivity contribution in [2.75, 3.05) is 13.2 Å². The molecule has 1 saturated carbocycles. The Kier molecular flexibility index (Phi) is 2.20. The molecule has 0 bridgehead atoms. The molecule has 4 heteroatoms. The Hall–Kier alpha value is -1.31. The number of allylic oxidation sites excluding steroid dienone is 3. The second-order valence-electron chi connectivity index (χ2n) is 6.26. The number of nitrogens with two attached hydrogens (primary N) is 1. The minimum absolute atomic E-state index is 0.0621. The number of nitriles is 1. The fourth-order valence-electron chi connectivity index (χ4n) is 3.40. The zero-order chi connectivity index (χ0) is 13.0. The topological polar surface area (TPSA) is 68.3 Å². The predicted octanol–water partition coefficient (Wildman–Crippen LogP) is 1.84. The zero-order valence-electron chi connectivity index (χ0n) is 10.8. The van der Waals surface area contributed by atoms with Crippen molar-refractivity contribution in [3.05, 3.63) is 23.4 Å². The molecule has 2 fully saturated rings. The van der Waals surface area contributed by atoms with E-state index >= 15 is 0 Å². The summed E-state index contributed by atoms with van der Waals surface area (Å²) in [4.78, 5) is 0. The van der Waals surface area contributed by atoms with Gasteiger partial charge in [-0.25, -0.2) is 0 Å². The Labute approximate surface area is 107 Å². The number of ether oxygens (including phenoxy) is 2. The maximum Gasteiger partial charge on any atom is 0.162 e. The summed E-state index contributed by atoms with van der Waals surface area (Å²) in [6.45, 7) is 5.27. The van der Waals surface area contributed by atoms with E-state index in [4.69, 9.17) is 15.2 Å². The van der Waals surface area contributed by atoms with Crippen molar-refractivity contribution < 1.29 is 9.47 Å². The van der Waals surface area contributed by atoms with E-state index in [0.717, 1.165) is 18.4 Å². The van der Waals surface area contributed by atoms with Gasteiger partial charge in [0.05, 0.1) is 24.9 Å². The first-order valence-corrected chi connectivity index (χ1v) is 6.28. The molecule has 2 spiro atoms. The van der Waals surface area contributed by atoms with Crippen molar-refractivity contribution in [3.63, 3.8) is 0 Å². The molecule has 0 radical (unpaired) electrons. The van der Waals surface area contributed by atoms with E-state index in [1.807, 2.05) is 19.9 Å². The monoisotopic (exact) mass is 246 g/mol. The van der Waals surface area contributed by atoms with E-state index < -0.39 is 5.79 Å². The van der Waals surface area contributed by atoms with Gasteiger partial charge in [0.1, 0.15) is 0 Å². The smallest absolute Gasteiger partial charge is 0.162 e. The lowest BCUT2D eigenvalue weighted by Crippen LogP contribution is -2.57. The van der Waals surface area contributed by atoms with Crippen molar-refractivity contribution in [2.45, 2.75) is 32.5 Å². The van der Waals surface area contributed by atoms with Crippen LogP contribution in [-0.2, 0) is 9.47 Å². The van der Waals surface area contributed by atoms with Gasteiger partial charge in [0.2, 0.25) is 0 Å². The summed E-state index contributed by atoms with van der Waals surface area (Å²) in [6, 6.07) is 2.26. The largest absolute Gasteiger partial charge is 0.398 e. The predicted molar refractivity (Wildman–Crippen MR) is 66.0 cm³/mol. The molecule has 0 aromatic rings. The SMILES string of the molecule is CC1(C)OCC2(CO1)CC1(C=CC(N)=C1C#N)C2. The first kappa shape index (κ1) is 11.8. The Balaban J connectivity index is 1.75. The Morgan fingerprint density at radius 3 is 2.44 bits per heavy atom. The minimum Gasteiger partial charge on any atom is -0.398 e. The molecule has 0 aromatic carbocycles. The van der Waals surface area contributed by atoms with E-state index in [1.165, 1.54) is 0 Å². The average molecular weight is 246 g/mol. The third-order valence-electron chi connectivity index (χ3n) is 4.31. The lowest BCUT2D eigenvalue weighted by atomic mass is 9.51. The van der Waals surface area contributed by atoms with Gasteiger partial charge in [-0.15, -0.1) is 0 Å². The quantitative estimate of drug-likeness (QED) is 0.708. The second-order valence-corrected chi connectivity index (χ2v) is 6.26. The van der Waals surface area contributed by atoms with E-state index in [-0.39, 0.29) is 10.8 Å². The summed E-state index contributed by atoms with van der Waals surface area (Å²) in [5, 5.41) is 9.22. The number of hydrogen-bond acceptors (Lipinski definition) is 4. The fraction of sp³-hybridized carbons (Fsp3) is 0.643. The molecule has 96 valence electrons. The molecular weight excluding hydrogens is 228 g/mol. The van der Waals surface area contributed by atoms with Crippen molar-refractivity contribution in [1.82, 2.24) is 0 Å². The van der Waals surface area contributed by atoms with E-state index in [1.54, 1.807) is 0 Å². The summed E-state index contributed by atoms with van der Waals surface area (Å²) >= 11 is 0. The molecule has 1 saturated heterocycles. The van der Waals surface area contributed by atoms with Gasteiger partial charge < -0.3 is 15.2 Å². The van der Waals surface area contributed by atoms with Crippen LogP contribution in [-0.4, -0.2) is 19.0 Å². The van der Waals surface area contributed by atoms with Gasteiger partial charge in [-0.3, -0.25) is 0 Å². The van der Waals surface area contributed by atoms with Crippen LogP contribution in [0.4, 0.5) is 0 Å². The first-order valence-electron chi connectivity index (χ1n) is 6.28. The van der Waals surface area contributed by atoms with Crippen molar-refractivity contribution in [3.8, 4) is 6.07 Å². The molecular formula is C14H18N2O2. The van der Waals surface area contributed by atoms with Gasteiger partial charge in [-0.2, -0.15) is 5.26 Å². The fourth-order valence-corrected chi connectivity index (χ4v) is 3.40. The normalized spacial score (nSPS) is 30.5. The maximum atomic E-state index is 9.22. The van der Waals surface area contributed by atoms with Gasteiger partial charge in [-0.05, 0) is 32.8 Å². The van der Waals surface area contributed by atoms with Crippen LogP contribution in [0, 0.1) is 22.2 Å². The van der Waals surface area contributed by atoms with E-state index in [0.29, 0.717) is 18.9 Å². The number of nitrogens with zero attached hydrogens (tertiary/aromatic N) is 1. The first-order chi connectivity index (χ1) is 8.40. The summed E-state index contributed by atoms with van der Waals surface area (Å²) in [5.41, 5.74) is 7.10. The molecule has 2 N–H and O–H groups in total. The van der Waals surface area contributed by atoms with Gasteiger partial charge in [0.25, 0.3) is 0 Å². The second kappa shape index (κ2) is 3.37. The average Bonchev–Trinajstić information content (AvgIpc) is 2.59. The van der Waals surface area contributed by atoms with Crippen molar-refractivity contribution in [1.29, 1.82) is 5.26 Å². The molecule has 18 heavy (non-hydrogen) atoms. The Morgan fingerprint density at radius 1 is 1.28 bits per heavy atom. The molecule has 3 rings (SSSR count). The highest BCUT2D eigenvalue weighted by Crippen LogP contribution is 2.62. The summed E-state index contributed by atoms with van der Waals surface area (Å²) in [5.74, 6) is -0.480. The van der Waals surface area contributed by atoms with Crippen LogP contribution >= 0.6 is 0 Å². The molecule has 1 aliphatic heterocycles. The highest BCUT2D eigenvalue weighted by molar-refractivity contribution is 5.50. The van der Waals surface area contributed by atoms with Crippen LogP contribution in [0.5, 0.6) is 0 Å². The molecule has 1 heterocycles. The molecule has 0 atom stereocenters. The third-order valence-corrected chi connectivity index (χ3v) is 4.31. The highest BCUT2D eigenvalue weighted by Gasteiger charge is 2.59. The molecule has 0 amide bonds. The number of hydrogen-bond donors (Lipinski definition) is 1. The van der Waals surface area contributed by atoms with Crippen LogP contribution < -0.4 is 5.73 Å². The van der Waals surface area contributed by atoms with E-state index in [9.17, 15) is 5.26 Å².